The number of benzene rings is 9. The van der Waals surface area contributed by atoms with Gasteiger partial charge in [0.2, 0.25) is 0 Å². The van der Waals surface area contributed by atoms with Crippen LogP contribution < -0.4 is 0 Å². The van der Waals surface area contributed by atoms with Crippen LogP contribution in [0.15, 0.2) is 194 Å². The summed E-state index contributed by atoms with van der Waals surface area (Å²) in [6, 6.07) is 70.6. The third-order valence-corrected chi connectivity index (χ3v) is 15.6. The van der Waals surface area contributed by atoms with E-state index in [9.17, 15) is 0 Å². The van der Waals surface area contributed by atoms with Gasteiger partial charge in [0.1, 0.15) is 19.0 Å². The molecule has 0 aliphatic rings. The fourth-order valence-corrected chi connectivity index (χ4v) is 11.5. The van der Waals surface area contributed by atoms with Crippen LogP contribution in [-0.2, 0) is 10.1 Å². The molecule has 0 nitrogen and oxygen atoms in total. The minimum atomic E-state index is -0.987. The van der Waals surface area contributed by atoms with E-state index in [-0.39, 0.29) is 10.1 Å². The lowest BCUT2D eigenvalue weighted by Crippen LogP contribution is -2.30. The predicted molar refractivity (Wildman–Crippen MR) is 246 cm³/mol. The zero-order valence-electron chi connectivity index (χ0n) is 31.9. The summed E-state index contributed by atoms with van der Waals surface area (Å²) < 4.78 is 0. The monoisotopic (exact) mass is 746 g/mol. The molecule has 2 heteroatoms. The molecule has 0 saturated heterocycles. The van der Waals surface area contributed by atoms with Gasteiger partial charge in [-0.15, -0.1) is 11.1 Å². The van der Waals surface area contributed by atoms with Gasteiger partial charge >= 0.3 is 0 Å². The Labute approximate surface area is 334 Å². The topological polar surface area (TPSA) is 0 Å². The summed E-state index contributed by atoms with van der Waals surface area (Å²) in [6.07, 6.45) is 0. The van der Waals surface area contributed by atoms with Crippen molar-refractivity contribution in [1.82, 2.24) is 0 Å². The molecule has 0 fully saturated rings. The fraction of sp³-hybridized carbons (Fsp3) is 0.0741. The quantitative estimate of drug-likeness (QED) is 0.0903. The number of fused-ring (bicyclic) bond motifs is 4. The summed E-state index contributed by atoms with van der Waals surface area (Å²) in [5, 5.41) is 9.36. The normalized spacial score (nSPS) is 12.0. The van der Waals surface area contributed by atoms with E-state index in [4.69, 9.17) is 0 Å². The summed E-state index contributed by atoms with van der Waals surface area (Å²) in [5.41, 5.74) is 15.3. The summed E-state index contributed by atoms with van der Waals surface area (Å²) in [5.74, 6) is 7.70. The lowest BCUT2D eigenvalue weighted by molar-refractivity contribution is 0.813. The molecular formula is C54H42Si2. The van der Waals surface area contributed by atoms with Crippen LogP contribution >= 0.6 is 0 Å². The van der Waals surface area contributed by atoms with Gasteiger partial charge in [-0.1, -0.05) is 196 Å². The highest BCUT2D eigenvalue weighted by Crippen LogP contribution is 2.37. The summed E-state index contributed by atoms with van der Waals surface area (Å²) in [7, 11) is -1.97. The maximum absolute atomic E-state index is 3.88. The summed E-state index contributed by atoms with van der Waals surface area (Å²) >= 11 is 0. The van der Waals surface area contributed by atoms with Crippen molar-refractivity contribution in [2.45, 2.75) is 23.9 Å². The van der Waals surface area contributed by atoms with E-state index in [1.165, 1.54) is 65.3 Å². The van der Waals surface area contributed by atoms with Crippen molar-refractivity contribution in [3.8, 4) is 22.9 Å². The molecule has 0 aliphatic carbocycles. The molecule has 266 valence electrons. The number of hydrogen-bond donors (Lipinski definition) is 0. The second-order valence-corrected chi connectivity index (χ2v) is 19.6. The Balaban J connectivity index is 1.25. The largest absolute Gasteiger partial charge is 0.133 e. The third-order valence-electron chi connectivity index (χ3n) is 11.8. The Morgan fingerprint density at radius 1 is 0.321 bits per heavy atom. The summed E-state index contributed by atoms with van der Waals surface area (Å²) in [4.78, 5) is 0. The molecule has 0 radical (unpaired) electrons. The van der Waals surface area contributed by atoms with E-state index in [2.05, 4.69) is 231 Å². The van der Waals surface area contributed by atoms with Crippen molar-refractivity contribution in [2.24, 2.45) is 0 Å². The predicted octanol–water partition coefficient (Wildman–Crippen LogP) is 11.2. The van der Waals surface area contributed by atoms with Gasteiger partial charge in [-0.05, 0) is 89.6 Å². The minimum absolute atomic E-state index is 0.132. The van der Waals surface area contributed by atoms with Gasteiger partial charge in [0.25, 0.3) is 0 Å². The van der Waals surface area contributed by atoms with Gasteiger partial charge in [0.05, 0.1) is 0 Å². The van der Waals surface area contributed by atoms with Crippen LogP contribution in [0, 0.1) is 22.9 Å². The van der Waals surface area contributed by atoms with Crippen LogP contribution in [0.2, 0.25) is 0 Å². The van der Waals surface area contributed by atoms with Crippen LogP contribution in [0.5, 0.6) is 0 Å². The maximum Gasteiger partial charge on any atom is 0.122 e. The van der Waals surface area contributed by atoms with E-state index >= 15 is 0 Å². The van der Waals surface area contributed by atoms with Gasteiger partial charge in [0, 0.05) is 21.2 Å². The first-order valence-electron chi connectivity index (χ1n) is 19.5. The molecular weight excluding hydrogens is 705 g/mol. The van der Waals surface area contributed by atoms with Gasteiger partial charge in [0.15, 0.2) is 0 Å². The lowest BCUT2D eigenvalue weighted by Gasteiger charge is -2.28. The first kappa shape index (κ1) is 35.3. The lowest BCUT2D eigenvalue weighted by atomic mass is 9.90. The zero-order valence-corrected chi connectivity index (χ0v) is 34.7. The van der Waals surface area contributed by atoms with Crippen LogP contribution in [0.1, 0.15) is 47.2 Å². The molecule has 0 amide bonds. The Hall–Kier alpha value is -6.43. The molecule has 9 aromatic rings. The van der Waals surface area contributed by atoms with Gasteiger partial charge in [-0.2, -0.15) is 0 Å². The van der Waals surface area contributed by atoms with Crippen LogP contribution in [0.3, 0.4) is 0 Å². The molecule has 56 heavy (non-hydrogen) atoms. The van der Waals surface area contributed by atoms with E-state index in [0.717, 1.165) is 11.1 Å². The van der Waals surface area contributed by atoms with Crippen molar-refractivity contribution in [3.63, 3.8) is 0 Å². The molecule has 9 rings (SSSR count). The van der Waals surface area contributed by atoms with Crippen molar-refractivity contribution in [1.29, 1.82) is 0 Å². The first-order chi connectivity index (χ1) is 27.5. The Kier molecular flexibility index (Phi) is 9.46. The Morgan fingerprint density at radius 2 is 0.625 bits per heavy atom. The molecule has 9 aromatic carbocycles. The number of hydrogen-bond acceptors (Lipinski definition) is 0. The molecule has 0 bridgehead atoms. The average Bonchev–Trinajstić information content (AvgIpc) is 3.26. The minimum Gasteiger partial charge on any atom is -0.133 e. The van der Waals surface area contributed by atoms with E-state index in [1.54, 1.807) is 0 Å². The van der Waals surface area contributed by atoms with E-state index in [1.807, 2.05) is 0 Å². The molecule has 0 aromatic heterocycles. The third kappa shape index (κ3) is 6.54. The van der Waals surface area contributed by atoms with Crippen molar-refractivity contribution >= 4 is 62.1 Å². The van der Waals surface area contributed by atoms with Crippen molar-refractivity contribution in [3.05, 3.63) is 228 Å². The second kappa shape index (κ2) is 15.0. The van der Waals surface area contributed by atoms with Gasteiger partial charge in [-0.3, -0.25) is 0 Å². The SMILES string of the molecule is CC([SiH2]C#Cc1c2ccccc2c(C#C[SiH2]C(C)(c2ccccc2)c2ccccc2)c2cc3cc4ccccc4cc3cc12)(c1ccccc1)c1ccccc1. The molecule has 0 N–H and O–H groups in total. The van der Waals surface area contributed by atoms with Gasteiger partial charge < -0.3 is 0 Å². The summed E-state index contributed by atoms with van der Waals surface area (Å²) in [6.45, 7) is 4.77. The van der Waals surface area contributed by atoms with Crippen LogP contribution in [0.4, 0.5) is 0 Å². The maximum atomic E-state index is 3.88. The molecule has 0 heterocycles. The standard InChI is InChI=1S/C54H42Si2/c1-53(43-21-7-3-8-22-43,44-23-9-4-10-24-44)55-33-31-49-47-29-17-18-30-48(47)50(52-38-42-36-40-20-16-15-19-39(40)35-41(42)37-51(49)52)32-34-56-54(2,45-25-11-5-12-26-45)46-27-13-6-14-28-46/h3-30,35-38H,55-56H2,1-2H3. The molecule has 0 saturated carbocycles. The molecule has 0 spiro atoms. The molecule has 0 unspecified atom stereocenters. The average molecular weight is 747 g/mol. The Bertz CT molecular complexity index is 2700. The second-order valence-electron chi connectivity index (χ2n) is 15.3. The highest BCUT2D eigenvalue weighted by molar-refractivity contribution is 6.52. The van der Waals surface area contributed by atoms with E-state index in [0.29, 0.717) is 0 Å². The van der Waals surface area contributed by atoms with Crippen molar-refractivity contribution in [2.75, 3.05) is 0 Å². The van der Waals surface area contributed by atoms with Gasteiger partial charge in [-0.25, -0.2) is 0 Å². The fourth-order valence-electron chi connectivity index (χ4n) is 8.47. The zero-order chi connectivity index (χ0) is 38.0. The first-order valence-corrected chi connectivity index (χ1v) is 22.3. The van der Waals surface area contributed by atoms with Crippen LogP contribution in [0.25, 0.3) is 43.1 Å². The highest BCUT2D eigenvalue weighted by atomic mass is 28.2. The van der Waals surface area contributed by atoms with E-state index < -0.39 is 19.0 Å². The molecule has 0 atom stereocenters. The Morgan fingerprint density at radius 3 is 0.964 bits per heavy atom. The molecule has 0 aliphatic heterocycles. The van der Waals surface area contributed by atoms with Crippen molar-refractivity contribution < 1.29 is 0 Å². The van der Waals surface area contributed by atoms with Crippen LogP contribution in [-0.4, -0.2) is 19.0 Å². The number of rotatable bonds is 6. The highest BCUT2D eigenvalue weighted by Gasteiger charge is 2.29. The smallest absolute Gasteiger partial charge is 0.122 e.